The van der Waals surface area contributed by atoms with E-state index in [1.54, 1.807) is 6.08 Å². The molecule has 6 nitrogen and oxygen atoms in total. The molecule has 1 saturated carbocycles. The van der Waals surface area contributed by atoms with Crippen molar-refractivity contribution in [2.45, 2.75) is 38.6 Å². The zero-order valence-corrected chi connectivity index (χ0v) is 17.5. The van der Waals surface area contributed by atoms with Crippen molar-refractivity contribution in [3.63, 3.8) is 0 Å². The third kappa shape index (κ3) is 5.90. The summed E-state index contributed by atoms with van der Waals surface area (Å²) in [5.41, 5.74) is 0.865. The molecule has 0 aromatic heterocycles. The van der Waals surface area contributed by atoms with E-state index in [0.29, 0.717) is 44.7 Å². The lowest BCUT2D eigenvalue weighted by Crippen LogP contribution is -3.15. The van der Waals surface area contributed by atoms with Crippen LogP contribution in [-0.2, 0) is 14.8 Å². The first-order valence-corrected chi connectivity index (χ1v) is 11.8. The smallest absolute Gasteiger partial charge is 0.275 e. The molecule has 28 heavy (non-hydrogen) atoms. The van der Waals surface area contributed by atoms with Gasteiger partial charge in [0, 0.05) is 11.4 Å². The standard InChI is InChI=1S/C21H31N3O3S/c1-18-7-5-6-10-20(18)22-21(25)17-23-12-14-24(15-13-23)28(26,27)16-11-19-8-3-2-4-9-19/h2-4,8-9,11,16,18,20H,5-7,10,12-15,17H2,1H3,(H,22,25)/p+1/b16-11+/t18-,20+/m1/s1. The van der Waals surface area contributed by atoms with Gasteiger partial charge >= 0.3 is 0 Å². The first-order chi connectivity index (χ1) is 13.4. The number of nitrogens with one attached hydrogen (secondary N) is 2. The van der Waals surface area contributed by atoms with Gasteiger partial charge in [0.15, 0.2) is 6.54 Å². The highest BCUT2D eigenvalue weighted by Crippen LogP contribution is 2.23. The highest BCUT2D eigenvalue weighted by molar-refractivity contribution is 7.92. The van der Waals surface area contributed by atoms with Crippen LogP contribution in [0, 0.1) is 5.92 Å². The van der Waals surface area contributed by atoms with E-state index < -0.39 is 10.0 Å². The van der Waals surface area contributed by atoms with Gasteiger partial charge in [-0.3, -0.25) is 4.79 Å². The molecule has 0 spiro atoms. The molecule has 2 fully saturated rings. The molecule has 0 radical (unpaired) electrons. The number of carbonyl (C=O) groups is 1. The van der Waals surface area contributed by atoms with E-state index in [4.69, 9.17) is 0 Å². The minimum Gasteiger partial charge on any atom is -0.348 e. The number of rotatable bonds is 6. The SMILES string of the molecule is C[C@@H]1CCCC[C@@H]1NC(=O)C[NH+]1CCN(S(=O)(=O)/C=C/c2ccccc2)CC1. The van der Waals surface area contributed by atoms with Crippen LogP contribution >= 0.6 is 0 Å². The maximum Gasteiger partial charge on any atom is 0.275 e. The summed E-state index contributed by atoms with van der Waals surface area (Å²) >= 11 is 0. The number of piperazine rings is 1. The molecular formula is C21H32N3O3S+. The third-order valence-corrected chi connectivity index (χ3v) is 7.45. The van der Waals surface area contributed by atoms with E-state index in [1.807, 2.05) is 30.3 Å². The molecule has 154 valence electrons. The van der Waals surface area contributed by atoms with Gasteiger partial charge in [-0.2, -0.15) is 4.31 Å². The lowest BCUT2D eigenvalue weighted by Gasteiger charge is -2.32. The third-order valence-electron chi connectivity index (χ3n) is 5.89. The summed E-state index contributed by atoms with van der Waals surface area (Å²) in [4.78, 5) is 13.5. The summed E-state index contributed by atoms with van der Waals surface area (Å²) in [5, 5.41) is 4.48. The molecule has 2 atom stereocenters. The predicted molar refractivity (Wildman–Crippen MR) is 111 cm³/mol. The molecule has 1 saturated heterocycles. The summed E-state index contributed by atoms with van der Waals surface area (Å²) in [5.74, 6) is 0.639. The van der Waals surface area contributed by atoms with Crippen molar-refractivity contribution >= 4 is 22.0 Å². The Bertz CT molecular complexity index is 771. The fourth-order valence-electron chi connectivity index (χ4n) is 4.06. The van der Waals surface area contributed by atoms with E-state index >= 15 is 0 Å². The first kappa shape index (κ1) is 21.0. The first-order valence-electron chi connectivity index (χ1n) is 10.3. The van der Waals surface area contributed by atoms with Crippen molar-refractivity contribution in [2.75, 3.05) is 32.7 Å². The van der Waals surface area contributed by atoms with Gasteiger partial charge in [0.25, 0.3) is 5.91 Å². The summed E-state index contributed by atoms with van der Waals surface area (Å²) in [6, 6.07) is 9.71. The average Bonchev–Trinajstić information content (AvgIpc) is 2.69. The quantitative estimate of drug-likeness (QED) is 0.737. The predicted octanol–water partition coefficient (Wildman–Crippen LogP) is 0.883. The molecule has 0 unspecified atom stereocenters. The Morgan fingerprint density at radius 1 is 1.18 bits per heavy atom. The van der Waals surface area contributed by atoms with Gasteiger partial charge < -0.3 is 10.2 Å². The minimum absolute atomic E-state index is 0.0917. The van der Waals surface area contributed by atoms with Crippen molar-refractivity contribution in [3.8, 4) is 0 Å². The molecule has 7 heteroatoms. The van der Waals surface area contributed by atoms with Crippen LogP contribution in [0.5, 0.6) is 0 Å². The molecule has 2 N–H and O–H groups in total. The van der Waals surface area contributed by atoms with Crippen molar-refractivity contribution < 1.29 is 18.1 Å². The fourth-order valence-corrected chi connectivity index (χ4v) is 5.26. The Morgan fingerprint density at radius 2 is 1.86 bits per heavy atom. The molecule has 1 amide bonds. The molecule has 1 aliphatic carbocycles. The van der Waals surface area contributed by atoms with Crippen LogP contribution in [-0.4, -0.2) is 57.4 Å². The van der Waals surface area contributed by atoms with Crippen LogP contribution in [0.1, 0.15) is 38.2 Å². The van der Waals surface area contributed by atoms with Crippen molar-refractivity contribution in [1.82, 2.24) is 9.62 Å². The van der Waals surface area contributed by atoms with Gasteiger partial charge in [-0.15, -0.1) is 0 Å². The lowest BCUT2D eigenvalue weighted by molar-refractivity contribution is -0.895. The Labute approximate surface area is 168 Å². The summed E-state index contributed by atoms with van der Waals surface area (Å²) < 4.78 is 26.6. The number of hydrogen-bond donors (Lipinski definition) is 2. The number of amides is 1. The average molecular weight is 407 g/mol. The van der Waals surface area contributed by atoms with Crippen LogP contribution in [0.4, 0.5) is 0 Å². The zero-order valence-electron chi connectivity index (χ0n) is 16.6. The Hall–Kier alpha value is -1.70. The molecule has 1 heterocycles. The summed E-state index contributed by atoms with van der Waals surface area (Å²) in [6.45, 7) is 4.85. The Morgan fingerprint density at radius 3 is 2.54 bits per heavy atom. The molecule has 1 aliphatic heterocycles. The zero-order chi connectivity index (χ0) is 20.0. The van der Waals surface area contributed by atoms with Crippen molar-refractivity contribution in [3.05, 3.63) is 41.3 Å². The van der Waals surface area contributed by atoms with Gasteiger partial charge in [-0.05, 0) is 30.4 Å². The maximum atomic E-state index is 12.5. The van der Waals surface area contributed by atoms with Crippen molar-refractivity contribution in [2.24, 2.45) is 5.92 Å². The fraction of sp³-hybridized carbons (Fsp3) is 0.571. The van der Waals surface area contributed by atoms with Crippen molar-refractivity contribution in [1.29, 1.82) is 0 Å². The van der Waals surface area contributed by atoms with E-state index in [0.717, 1.165) is 16.9 Å². The molecule has 2 aliphatic rings. The molecular weight excluding hydrogens is 374 g/mol. The van der Waals surface area contributed by atoms with Gasteiger partial charge in [-0.1, -0.05) is 50.1 Å². The largest absolute Gasteiger partial charge is 0.348 e. The molecule has 0 bridgehead atoms. The Kier molecular flexibility index (Phi) is 7.26. The molecule has 1 aromatic rings. The van der Waals surface area contributed by atoms with E-state index in [-0.39, 0.29) is 5.91 Å². The number of benzene rings is 1. The minimum atomic E-state index is -3.42. The van der Waals surface area contributed by atoms with Crippen LogP contribution in [0.3, 0.4) is 0 Å². The number of quaternary nitrogens is 1. The number of nitrogens with zero attached hydrogens (tertiary/aromatic N) is 1. The number of carbonyl (C=O) groups excluding carboxylic acids is 1. The van der Waals surface area contributed by atoms with Crippen LogP contribution in [0.2, 0.25) is 0 Å². The number of sulfonamides is 1. The van der Waals surface area contributed by atoms with Gasteiger partial charge in [0.1, 0.15) is 0 Å². The second-order valence-electron chi connectivity index (χ2n) is 8.02. The maximum absolute atomic E-state index is 12.5. The Balaban J connectivity index is 1.46. The monoisotopic (exact) mass is 406 g/mol. The van der Waals surface area contributed by atoms with Gasteiger partial charge in [0.05, 0.1) is 26.2 Å². The summed E-state index contributed by atoms with van der Waals surface area (Å²) in [6.07, 6.45) is 6.34. The lowest BCUT2D eigenvalue weighted by atomic mass is 9.86. The topological polar surface area (TPSA) is 70.9 Å². The van der Waals surface area contributed by atoms with Gasteiger partial charge in [-0.25, -0.2) is 8.42 Å². The summed E-state index contributed by atoms with van der Waals surface area (Å²) in [7, 11) is -3.42. The second-order valence-corrected chi connectivity index (χ2v) is 9.84. The molecule has 1 aromatic carbocycles. The van der Waals surface area contributed by atoms with E-state index in [9.17, 15) is 13.2 Å². The molecule has 3 rings (SSSR count). The number of hydrogen-bond acceptors (Lipinski definition) is 3. The highest BCUT2D eigenvalue weighted by Gasteiger charge is 2.29. The van der Waals surface area contributed by atoms with E-state index in [2.05, 4.69) is 12.2 Å². The normalized spacial score (nSPS) is 25.0. The van der Waals surface area contributed by atoms with E-state index in [1.165, 1.54) is 29.0 Å². The highest BCUT2D eigenvalue weighted by atomic mass is 32.2. The second kappa shape index (κ2) is 9.67. The van der Waals surface area contributed by atoms with Crippen LogP contribution < -0.4 is 10.2 Å². The van der Waals surface area contributed by atoms with Crippen LogP contribution in [0.15, 0.2) is 35.7 Å². The van der Waals surface area contributed by atoms with Gasteiger partial charge in [0.2, 0.25) is 10.0 Å². The van der Waals surface area contributed by atoms with Crippen LogP contribution in [0.25, 0.3) is 6.08 Å².